The maximum absolute atomic E-state index is 8.99. The number of anilines is 1. The first-order valence-corrected chi connectivity index (χ1v) is 5.02. The number of hydrogen-bond acceptors (Lipinski definition) is 3. The highest BCUT2D eigenvalue weighted by molar-refractivity contribution is 5.60. The topological polar surface area (TPSA) is 45.0 Å². The van der Waals surface area contributed by atoms with Crippen LogP contribution in [0.2, 0.25) is 0 Å². The van der Waals surface area contributed by atoms with Gasteiger partial charge in [0.1, 0.15) is 6.07 Å². The summed E-state index contributed by atoms with van der Waals surface area (Å²) in [7, 11) is 1.69. The minimum Gasteiger partial charge on any atom is -0.385 e. The zero-order valence-electron chi connectivity index (χ0n) is 9.21. The zero-order chi connectivity index (χ0) is 11.1. The Balaban J connectivity index is 2.61. The van der Waals surface area contributed by atoms with Crippen LogP contribution in [0.1, 0.15) is 17.5 Å². The van der Waals surface area contributed by atoms with Crippen LogP contribution in [0.25, 0.3) is 0 Å². The van der Waals surface area contributed by atoms with E-state index in [-0.39, 0.29) is 0 Å². The number of benzene rings is 1. The molecule has 3 heteroatoms. The number of nitriles is 1. The third-order valence-electron chi connectivity index (χ3n) is 2.23. The van der Waals surface area contributed by atoms with Gasteiger partial charge >= 0.3 is 0 Å². The molecule has 0 atom stereocenters. The predicted octanol–water partition coefficient (Wildman–Crippen LogP) is 2.32. The van der Waals surface area contributed by atoms with Crippen LogP contribution >= 0.6 is 0 Å². The Labute approximate surface area is 90.7 Å². The minimum atomic E-state index is 0.731. The fourth-order valence-electron chi connectivity index (χ4n) is 1.40. The maximum Gasteiger partial charge on any atom is 0.102 e. The lowest BCUT2D eigenvalue weighted by Gasteiger charge is -2.09. The molecule has 0 heterocycles. The highest BCUT2D eigenvalue weighted by Crippen LogP contribution is 2.17. The molecule has 80 valence electrons. The summed E-state index contributed by atoms with van der Waals surface area (Å²) in [5, 5.41) is 12.2. The predicted molar refractivity (Wildman–Crippen MR) is 60.9 cm³/mol. The van der Waals surface area contributed by atoms with Crippen LogP contribution in [-0.2, 0) is 4.74 Å². The van der Waals surface area contributed by atoms with Gasteiger partial charge < -0.3 is 10.1 Å². The summed E-state index contributed by atoms with van der Waals surface area (Å²) >= 11 is 0. The Kier molecular flexibility index (Phi) is 4.65. The van der Waals surface area contributed by atoms with Gasteiger partial charge in [0.25, 0.3) is 0 Å². The molecule has 1 aromatic carbocycles. The van der Waals surface area contributed by atoms with Gasteiger partial charge in [-0.25, -0.2) is 0 Å². The molecule has 0 aromatic heterocycles. The van der Waals surface area contributed by atoms with E-state index in [1.807, 2.05) is 25.1 Å². The smallest absolute Gasteiger partial charge is 0.102 e. The number of methoxy groups -OCH3 is 1. The van der Waals surface area contributed by atoms with E-state index in [0.717, 1.165) is 36.4 Å². The Morgan fingerprint density at radius 1 is 1.47 bits per heavy atom. The lowest BCUT2D eigenvalue weighted by molar-refractivity contribution is 0.198. The van der Waals surface area contributed by atoms with Crippen LogP contribution in [0.3, 0.4) is 0 Å². The van der Waals surface area contributed by atoms with Crippen molar-refractivity contribution in [3.63, 3.8) is 0 Å². The van der Waals surface area contributed by atoms with E-state index >= 15 is 0 Å². The molecule has 0 unspecified atom stereocenters. The maximum atomic E-state index is 8.99. The quantitative estimate of drug-likeness (QED) is 0.748. The normalized spacial score (nSPS) is 9.67. The van der Waals surface area contributed by atoms with Gasteiger partial charge in [-0.2, -0.15) is 5.26 Å². The third kappa shape index (κ3) is 3.26. The summed E-state index contributed by atoms with van der Waals surface area (Å²) in [5.41, 5.74) is 2.65. The van der Waals surface area contributed by atoms with Crippen molar-refractivity contribution < 1.29 is 4.74 Å². The van der Waals surface area contributed by atoms with Crippen molar-refractivity contribution in [3.8, 4) is 6.07 Å². The second kappa shape index (κ2) is 6.05. The molecule has 0 amide bonds. The molecule has 0 saturated carbocycles. The van der Waals surface area contributed by atoms with Gasteiger partial charge in [0, 0.05) is 20.3 Å². The first kappa shape index (κ1) is 11.5. The molecule has 0 aliphatic heterocycles. The lowest BCUT2D eigenvalue weighted by atomic mass is 10.1. The molecule has 3 nitrogen and oxygen atoms in total. The van der Waals surface area contributed by atoms with Gasteiger partial charge in [0.2, 0.25) is 0 Å². The van der Waals surface area contributed by atoms with E-state index < -0.39 is 0 Å². The molecule has 0 aliphatic rings. The molecule has 0 bridgehead atoms. The lowest BCUT2D eigenvalue weighted by Crippen LogP contribution is -2.06. The Hall–Kier alpha value is -1.53. The van der Waals surface area contributed by atoms with Crippen LogP contribution in [0.15, 0.2) is 18.2 Å². The number of aryl methyl sites for hydroxylation is 1. The van der Waals surface area contributed by atoms with Crippen molar-refractivity contribution in [2.45, 2.75) is 13.3 Å². The fraction of sp³-hybridized carbons (Fsp3) is 0.417. The van der Waals surface area contributed by atoms with E-state index in [0.29, 0.717) is 0 Å². The van der Waals surface area contributed by atoms with Gasteiger partial charge in [0.05, 0.1) is 11.3 Å². The van der Waals surface area contributed by atoms with Crippen molar-refractivity contribution >= 4 is 5.69 Å². The van der Waals surface area contributed by atoms with E-state index in [1.54, 1.807) is 7.11 Å². The summed E-state index contributed by atoms with van der Waals surface area (Å²) in [6.45, 7) is 3.51. The molecule has 0 radical (unpaired) electrons. The summed E-state index contributed by atoms with van der Waals surface area (Å²) in [4.78, 5) is 0. The van der Waals surface area contributed by atoms with Crippen molar-refractivity contribution in [1.82, 2.24) is 0 Å². The summed E-state index contributed by atoms with van der Waals surface area (Å²) in [5.74, 6) is 0. The van der Waals surface area contributed by atoms with Crippen molar-refractivity contribution in [2.75, 3.05) is 25.6 Å². The second-order valence-electron chi connectivity index (χ2n) is 3.38. The SMILES string of the molecule is COCCCNc1cccc(C)c1C#N. The van der Waals surface area contributed by atoms with Crippen molar-refractivity contribution in [1.29, 1.82) is 5.26 Å². The van der Waals surface area contributed by atoms with Crippen LogP contribution < -0.4 is 5.32 Å². The largest absolute Gasteiger partial charge is 0.385 e. The van der Waals surface area contributed by atoms with Crippen LogP contribution in [-0.4, -0.2) is 20.3 Å². The van der Waals surface area contributed by atoms with E-state index in [2.05, 4.69) is 11.4 Å². The van der Waals surface area contributed by atoms with Gasteiger partial charge in [0.15, 0.2) is 0 Å². The summed E-state index contributed by atoms with van der Waals surface area (Å²) in [6.07, 6.45) is 0.940. The highest BCUT2D eigenvalue weighted by atomic mass is 16.5. The molecular weight excluding hydrogens is 188 g/mol. The molecule has 0 saturated heterocycles. The van der Waals surface area contributed by atoms with Crippen molar-refractivity contribution in [2.24, 2.45) is 0 Å². The molecule has 15 heavy (non-hydrogen) atoms. The number of ether oxygens (including phenoxy) is 1. The van der Waals surface area contributed by atoms with E-state index in [9.17, 15) is 0 Å². The average Bonchev–Trinajstić information content (AvgIpc) is 2.24. The molecule has 1 rings (SSSR count). The van der Waals surface area contributed by atoms with Crippen LogP contribution in [0.5, 0.6) is 0 Å². The Bertz CT molecular complexity index is 355. The van der Waals surface area contributed by atoms with Crippen LogP contribution in [0, 0.1) is 18.3 Å². The second-order valence-corrected chi connectivity index (χ2v) is 3.38. The minimum absolute atomic E-state index is 0.731. The van der Waals surface area contributed by atoms with E-state index in [1.165, 1.54) is 0 Å². The standard InChI is InChI=1S/C12H16N2O/c1-10-5-3-6-12(11(10)9-13)14-7-4-8-15-2/h3,5-6,14H,4,7-8H2,1-2H3. The van der Waals surface area contributed by atoms with Gasteiger partial charge in [-0.3, -0.25) is 0 Å². The molecule has 1 N–H and O–H groups in total. The van der Waals surface area contributed by atoms with Gasteiger partial charge in [-0.15, -0.1) is 0 Å². The van der Waals surface area contributed by atoms with Crippen LogP contribution in [0.4, 0.5) is 5.69 Å². The van der Waals surface area contributed by atoms with E-state index in [4.69, 9.17) is 10.00 Å². The molecular formula is C12H16N2O. The average molecular weight is 204 g/mol. The number of rotatable bonds is 5. The Morgan fingerprint density at radius 3 is 2.93 bits per heavy atom. The summed E-state index contributed by atoms with van der Waals surface area (Å²) < 4.78 is 4.96. The molecule has 0 aliphatic carbocycles. The zero-order valence-corrected chi connectivity index (χ0v) is 9.21. The van der Waals surface area contributed by atoms with Gasteiger partial charge in [-0.05, 0) is 25.0 Å². The first-order chi connectivity index (χ1) is 7.29. The Morgan fingerprint density at radius 2 is 2.27 bits per heavy atom. The number of nitrogens with zero attached hydrogens (tertiary/aromatic N) is 1. The molecule has 0 spiro atoms. The van der Waals surface area contributed by atoms with Gasteiger partial charge in [-0.1, -0.05) is 12.1 Å². The summed E-state index contributed by atoms with van der Waals surface area (Å²) in [6, 6.07) is 8.04. The fourth-order valence-corrected chi connectivity index (χ4v) is 1.40. The number of hydrogen-bond donors (Lipinski definition) is 1. The third-order valence-corrected chi connectivity index (χ3v) is 2.23. The molecule has 0 fully saturated rings. The number of nitrogens with one attached hydrogen (secondary N) is 1. The first-order valence-electron chi connectivity index (χ1n) is 5.02. The highest BCUT2D eigenvalue weighted by Gasteiger charge is 2.03. The molecule has 1 aromatic rings. The monoisotopic (exact) mass is 204 g/mol. The van der Waals surface area contributed by atoms with Crippen molar-refractivity contribution in [3.05, 3.63) is 29.3 Å².